The van der Waals surface area contributed by atoms with Gasteiger partial charge in [-0.15, -0.1) is 0 Å². The van der Waals surface area contributed by atoms with Crippen LogP contribution in [0.1, 0.15) is 27.9 Å². The van der Waals surface area contributed by atoms with Gasteiger partial charge in [-0.05, 0) is 58.6 Å². The molecule has 1 aromatic carbocycles. The number of carbonyl (C=O) groups excluding carboxylic acids is 6. The second kappa shape index (κ2) is 10.6. The van der Waals surface area contributed by atoms with Gasteiger partial charge in [0.1, 0.15) is 5.75 Å². The van der Waals surface area contributed by atoms with Gasteiger partial charge in [0, 0.05) is 37.8 Å². The van der Waals surface area contributed by atoms with Crippen molar-refractivity contribution >= 4 is 40.6 Å². The average molecular weight is 572 g/mol. The molecule has 0 spiro atoms. The number of nitrogens with zero attached hydrogens (tertiary/aromatic N) is 3. The van der Waals surface area contributed by atoms with Crippen LogP contribution in [0.15, 0.2) is 6.07 Å². The van der Waals surface area contributed by atoms with Gasteiger partial charge in [-0.25, -0.2) is 0 Å². The highest BCUT2D eigenvalue weighted by Crippen LogP contribution is 2.52. The molecule has 222 valence electrons. The van der Waals surface area contributed by atoms with Gasteiger partial charge < -0.3 is 31.1 Å². The monoisotopic (exact) mass is 571 g/mol. The Morgan fingerprint density at radius 1 is 1.07 bits per heavy atom. The fraction of sp³-hybridized carbons (Fsp3) is 0.571. The fourth-order valence-corrected chi connectivity index (χ4v) is 6.78. The van der Waals surface area contributed by atoms with Crippen molar-refractivity contribution in [2.45, 2.75) is 31.0 Å². The van der Waals surface area contributed by atoms with Crippen LogP contribution in [0.3, 0.4) is 0 Å². The normalized spacial score (nSPS) is 29.2. The summed E-state index contributed by atoms with van der Waals surface area (Å²) in [4.78, 5) is 83.9. The van der Waals surface area contributed by atoms with Crippen LogP contribution < -0.4 is 16.0 Å². The van der Waals surface area contributed by atoms with Gasteiger partial charge in [0.15, 0.2) is 34.7 Å². The van der Waals surface area contributed by atoms with E-state index in [2.05, 4.69) is 5.32 Å². The highest BCUT2D eigenvalue weighted by atomic mass is 16.3. The predicted octanol–water partition coefficient (Wildman–Crippen LogP) is -1.89. The standard InChI is InChI=1S/C28H37N5O8/c1-31(2)11-17(34)30-10-13-9-16(32(3)4)14-7-12-8-15-21(33(5)6)24(37)20(27(29)40)26(39)28(15,41)25(38)18(12)23(36)19(14)22(13)35/h9,12,15,18,20-21,35,41H,7-8,10-11H2,1-6H3,(H2,29,40)(H,30,34)/t12-,15-,18?,20?,21?,28-/m0/s1. The molecule has 41 heavy (non-hydrogen) atoms. The third-order valence-electron chi connectivity index (χ3n) is 8.53. The molecule has 0 aliphatic heterocycles. The number of rotatable bonds is 7. The molecule has 0 heterocycles. The molecular weight excluding hydrogens is 534 g/mol. The molecule has 13 heteroatoms. The third-order valence-corrected chi connectivity index (χ3v) is 8.53. The number of fused-ring (bicyclic) bond motifs is 3. The zero-order valence-corrected chi connectivity index (χ0v) is 24.1. The Kier molecular flexibility index (Phi) is 7.84. The van der Waals surface area contributed by atoms with Crippen molar-refractivity contribution in [1.82, 2.24) is 15.1 Å². The summed E-state index contributed by atoms with van der Waals surface area (Å²) < 4.78 is 0. The molecule has 2 amide bonds. The first kappa shape index (κ1) is 30.3. The Hall–Kier alpha value is -3.68. The summed E-state index contributed by atoms with van der Waals surface area (Å²) in [6.07, 6.45) is 0.125. The topological polar surface area (TPSA) is 191 Å². The minimum atomic E-state index is -2.78. The van der Waals surface area contributed by atoms with Gasteiger partial charge in [0.2, 0.25) is 11.8 Å². The van der Waals surface area contributed by atoms with Gasteiger partial charge in [-0.2, -0.15) is 0 Å². The van der Waals surface area contributed by atoms with E-state index in [4.69, 9.17) is 5.73 Å². The number of nitrogens with two attached hydrogens (primary N) is 1. The number of primary amides is 1. The number of anilines is 1. The molecule has 0 aromatic heterocycles. The van der Waals surface area contributed by atoms with Crippen LogP contribution >= 0.6 is 0 Å². The molecule has 3 unspecified atom stereocenters. The van der Waals surface area contributed by atoms with Gasteiger partial charge in [0.25, 0.3) is 0 Å². The summed E-state index contributed by atoms with van der Waals surface area (Å²) in [5.41, 5.74) is 3.81. The summed E-state index contributed by atoms with van der Waals surface area (Å²) in [5, 5.41) is 25.7. The van der Waals surface area contributed by atoms with Crippen LogP contribution in [-0.2, 0) is 36.9 Å². The highest BCUT2D eigenvalue weighted by Gasteiger charge is 2.69. The van der Waals surface area contributed by atoms with Crippen molar-refractivity contribution in [2.75, 3.05) is 53.7 Å². The van der Waals surface area contributed by atoms with Gasteiger partial charge in [0.05, 0.1) is 24.1 Å². The Labute approximate surface area is 237 Å². The van der Waals surface area contributed by atoms with Crippen LogP contribution in [0.5, 0.6) is 5.75 Å². The maximum absolute atomic E-state index is 14.0. The van der Waals surface area contributed by atoms with Crippen molar-refractivity contribution in [3.8, 4) is 5.75 Å². The molecule has 4 rings (SSSR count). The number of hydrogen-bond acceptors (Lipinski definition) is 11. The van der Waals surface area contributed by atoms with Crippen molar-refractivity contribution in [2.24, 2.45) is 29.4 Å². The number of amides is 2. The minimum absolute atomic E-state index is 0.0279. The van der Waals surface area contributed by atoms with E-state index in [1.807, 2.05) is 0 Å². The van der Waals surface area contributed by atoms with Crippen molar-refractivity contribution in [3.05, 3.63) is 22.8 Å². The van der Waals surface area contributed by atoms with Crippen LogP contribution in [-0.4, -0.2) is 115 Å². The molecule has 0 radical (unpaired) electrons. The van der Waals surface area contributed by atoms with E-state index >= 15 is 0 Å². The number of aromatic hydroxyl groups is 1. The van der Waals surface area contributed by atoms with Gasteiger partial charge in [-0.3, -0.25) is 33.7 Å². The molecule has 2 fully saturated rings. The second-order valence-corrected chi connectivity index (χ2v) is 12.0. The lowest BCUT2D eigenvalue weighted by Gasteiger charge is -2.52. The molecule has 1 aromatic rings. The van der Waals surface area contributed by atoms with E-state index in [1.165, 1.54) is 19.0 Å². The maximum Gasteiger partial charge on any atom is 0.235 e. The maximum atomic E-state index is 14.0. The number of phenolic OH excluding ortho intramolecular Hbond substituents is 1. The molecule has 13 nitrogen and oxygen atoms in total. The summed E-state index contributed by atoms with van der Waals surface area (Å²) in [6, 6.07) is 0.512. The highest BCUT2D eigenvalue weighted by molar-refractivity contribution is 6.32. The van der Waals surface area contributed by atoms with Crippen LogP contribution in [0, 0.1) is 23.7 Å². The van der Waals surface area contributed by atoms with E-state index in [1.54, 1.807) is 44.1 Å². The number of nitrogens with one attached hydrogen (secondary N) is 1. The molecular formula is C28H37N5O8. The largest absolute Gasteiger partial charge is 0.507 e. The fourth-order valence-electron chi connectivity index (χ4n) is 6.78. The average Bonchev–Trinajstić information content (AvgIpc) is 2.84. The third kappa shape index (κ3) is 4.71. The number of likely N-dealkylation sites (N-methyl/N-ethyl adjacent to an activating group) is 2. The lowest BCUT2D eigenvalue weighted by molar-refractivity contribution is -0.181. The summed E-state index contributed by atoms with van der Waals surface area (Å²) in [7, 11) is 10.0. The van der Waals surface area contributed by atoms with Crippen LogP contribution in [0.25, 0.3) is 0 Å². The number of carbonyl (C=O) groups is 6. The molecule has 3 aliphatic rings. The molecule has 0 saturated heterocycles. The van der Waals surface area contributed by atoms with Crippen molar-refractivity contribution in [3.63, 3.8) is 0 Å². The molecule has 3 aliphatic carbocycles. The van der Waals surface area contributed by atoms with E-state index < -0.39 is 70.1 Å². The van der Waals surface area contributed by atoms with E-state index in [-0.39, 0.29) is 43.0 Å². The number of phenols is 1. The first-order valence-electron chi connectivity index (χ1n) is 13.3. The van der Waals surface area contributed by atoms with E-state index in [9.17, 15) is 39.0 Å². The number of ketones is 4. The van der Waals surface area contributed by atoms with Gasteiger partial charge in [-0.1, -0.05) is 0 Å². The van der Waals surface area contributed by atoms with E-state index in [0.717, 1.165) is 0 Å². The number of hydrogen-bond donors (Lipinski definition) is 4. The molecule has 5 N–H and O–H groups in total. The Morgan fingerprint density at radius 2 is 1.71 bits per heavy atom. The number of aliphatic hydroxyl groups is 1. The first-order chi connectivity index (χ1) is 19.0. The Balaban J connectivity index is 1.81. The number of Topliss-reactive ketones (excluding diaryl/α,β-unsaturated/α-hetero) is 4. The van der Waals surface area contributed by atoms with E-state index in [0.29, 0.717) is 11.3 Å². The smallest absolute Gasteiger partial charge is 0.235 e. The lowest BCUT2D eigenvalue weighted by atomic mass is 9.52. The summed E-state index contributed by atoms with van der Waals surface area (Å²) in [5.74, 6) is -11.3. The zero-order valence-electron chi connectivity index (χ0n) is 24.1. The Morgan fingerprint density at radius 3 is 2.24 bits per heavy atom. The molecule has 0 bridgehead atoms. The summed E-state index contributed by atoms with van der Waals surface area (Å²) in [6.45, 7) is 0.0271. The Bertz CT molecular complexity index is 1360. The van der Waals surface area contributed by atoms with Crippen molar-refractivity contribution in [1.29, 1.82) is 0 Å². The lowest BCUT2D eigenvalue weighted by Crippen LogP contribution is -2.74. The number of benzene rings is 1. The molecule has 2 saturated carbocycles. The quantitative estimate of drug-likeness (QED) is 0.268. The summed E-state index contributed by atoms with van der Waals surface area (Å²) >= 11 is 0. The second-order valence-electron chi connectivity index (χ2n) is 12.0. The zero-order chi connectivity index (χ0) is 30.7. The minimum Gasteiger partial charge on any atom is -0.507 e. The van der Waals surface area contributed by atoms with Crippen molar-refractivity contribution < 1.29 is 39.0 Å². The van der Waals surface area contributed by atoms with Gasteiger partial charge >= 0.3 is 0 Å². The molecule has 6 atom stereocenters. The first-order valence-corrected chi connectivity index (χ1v) is 13.3. The SMILES string of the molecule is CN(C)CC(=O)NCc1cc(N(C)C)c2c(c1O)C(=O)C1C(=O)[C@]3(O)C(=O)C(C(N)=O)C(=O)C(N(C)C)[C@@H]3C[C@@H]1C2. The van der Waals surface area contributed by atoms with Crippen LogP contribution in [0.4, 0.5) is 5.69 Å². The van der Waals surface area contributed by atoms with Crippen LogP contribution in [0.2, 0.25) is 0 Å². The predicted molar refractivity (Wildman–Crippen MR) is 146 cm³/mol.